The molecule has 1 amide bonds. The molecule has 1 atom stereocenters. The number of carbonyl (C=O) groups excluding carboxylic acids is 1. The van der Waals surface area contributed by atoms with E-state index in [1.54, 1.807) is 12.0 Å². The Morgan fingerprint density at radius 1 is 1.56 bits per heavy atom. The molecule has 1 aliphatic heterocycles. The molecule has 0 spiro atoms. The van der Waals surface area contributed by atoms with Crippen LogP contribution in [0.25, 0.3) is 0 Å². The summed E-state index contributed by atoms with van der Waals surface area (Å²) < 4.78 is 6.18. The molecule has 2 rings (SSSR count). The molecule has 1 unspecified atom stereocenters. The van der Waals surface area contributed by atoms with E-state index in [4.69, 9.17) is 4.74 Å². The molecule has 96 valence electrons. The van der Waals surface area contributed by atoms with Gasteiger partial charge in [0.25, 0.3) is 0 Å². The maximum Gasteiger partial charge on any atom is 0.249 e. The van der Waals surface area contributed by atoms with Crippen molar-refractivity contribution in [2.45, 2.75) is 18.9 Å². The average molecular weight is 310 g/mol. The molecule has 3 nitrogen and oxygen atoms in total. The Morgan fingerprint density at radius 3 is 2.78 bits per heavy atom. The molecule has 0 aliphatic carbocycles. The fraction of sp³-hybridized carbons (Fsp3) is 0.357. The van der Waals surface area contributed by atoms with Crippen molar-refractivity contribution in [1.29, 1.82) is 0 Å². The number of hydrogen-bond donors (Lipinski definition) is 0. The SMILES string of the molecule is C=C1CC(Cc2ccc(OC)cc2Br)N(C)C1=O. The largest absolute Gasteiger partial charge is 0.497 e. The Balaban J connectivity index is 2.15. The lowest BCUT2D eigenvalue weighted by Crippen LogP contribution is -2.30. The summed E-state index contributed by atoms with van der Waals surface area (Å²) >= 11 is 3.54. The van der Waals surface area contributed by atoms with Crippen molar-refractivity contribution in [1.82, 2.24) is 4.90 Å². The lowest BCUT2D eigenvalue weighted by Gasteiger charge is -2.20. The molecular formula is C14H16BrNO2. The minimum Gasteiger partial charge on any atom is -0.497 e. The van der Waals surface area contributed by atoms with Gasteiger partial charge in [-0.1, -0.05) is 28.6 Å². The molecule has 0 bridgehead atoms. The summed E-state index contributed by atoms with van der Waals surface area (Å²) in [6, 6.07) is 6.12. The van der Waals surface area contributed by atoms with Gasteiger partial charge in [-0.15, -0.1) is 0 Å². The quantitative estimate of drug-likeness (QED) is 0.804. The molecule has 1 heterocycles. The van der Waals surface area contributed by atoms with Crippen molar-refractivity contribution >= 4 is 21.8 Å². The first kappa shape index (κ1) is 13.1. The van der Waals surface area contributed by atoms with Gasteiger partial charge in [-0.05, 0) is 30.5 Å². The molecule has 1 aromatic rings. The number of likely N-dealkylation sites (N-methyl/N-ethyl adjacent to an activating group) is 1. The number of carbonyl (C=O) groups is 1. The van der Waals surface area contributed by atoms with Crippen LogP contribution in [-0.4, -0.2) is 31.0 Å². The van der Waals surface area contributed by atoms with Gasteiger partial charge >= 0.3 is 0 Å². The van der Waals surface area contributed by atoms with Crippen LogP contribution in [-0.2, 0) is 11.2 Å². The molecule has 4 heteroatoms. The van der Waals surface area contributed by atoms with Crippen molar-refractivity contribution in [3.05, 3.63) is 40.4 Å². The second-order valence-electron chi connectivity index (χ2n) is 4.54. The summed E-state index contributed by atoms with van der Waals surface area (Å²) in [5.41, 5.74) is 1.88. The molecule has 0 saturated carbocycles. The van der Waals surface area contributed by atoms with Crippen LogP contribution in [0, 0.1) is 0 Å². The summed E-state index contributed by atoms with van der Waals surface area (Å²) in [6.07, 6.45) is 1.57. The van der Waals surface area contributed by atoms with E-state index >= 15 is 0 Å². The van der Waals surface area contributed by atoms with Crippen LogP contribution in [0.3, 0.4) is 0 Å². The van der Waals surface area contributed by atoms with E-state index in [1.807, 2.05) is 25.2 Å². The molecule has 18 heavy (non-hydrogen) atoms. The second kappa shape index (κ2) is 5.14. The van der Waals surface area contributed by atoms with Crippen LogP contribution >= 0.6 is 15.9 Å². The Bertz CT molecular complexity index is 499. The zero-order valence-corrected chi connectivity index (χ0v) is 12.2. The van der Waals surface area contributed by atoms with Crippen molar-refractivity contribution in [2.75, 3.05) is 14.2 Å². The maximum absolute atomic E-state index is 11.7. The minimum atomic E-state index is 0.0598. The van der Waals surface area contributed by atoms with E-state index < -0.39 is 0 Å². The number of amides is 1. The standard InChI is InChI=1S/C14H16BrNO2/c1-9-6-11(16(2)14(9)17)7-10-4-5-12(18-3)8-13(10)15/h4-5,8,11H,1,6-7H2,2-3H3. The maximum atomic E-state index is 11.7. The number of benzene rings is 1. The van der Waals surface area contributed by atoms with Gasteiger partial charge in [-0.3, -0.25) is 4.79 Å². The fourth-order valence-electron chi connectivity index (χ4n) is 2.21. The molecule has 0 N–H and O–H groups in total. The highest BCUT2D eigenvalue weighted by atomic mass is 79.9. The highest BCUT2D eigenvalue weighted by molar-refractivity contribution is 9.10. The van der Waals surface area contributed by atoms with Crippen LogP contribution in [0.5, 0.6) is 5.75 Å². The lowest BCUT2D eigenvalue weighted by molar-refractivity contribution is -0.124. The van der Waals surface area contributed by atoms with Gasteiger partial charge in [0.2, 0.25) is 5.91 Å². The summed E-state index contributed by atoms with van der Waals surface area (Å²) in [7, 11) is 3.48. The van der Waals surface area contributed by atoms with Gasteiger partial charge in [0.1, 0.15) is 5.75 Å². The van der Waals surface area contributed by atoms with E-state index in [0.717, 1.165) is 23.1 Å². The highest BCUT2D eigenvalue weighted by Crippen LogP contribution is 2.29. The van der Waals surface area contributed by atoms with Gasteiger partial charge in [0.15, 0.2) is 0 Å². The van der Waals surface area contributed by atoms with E-state index in [0.29, 0.717) is 5.57 Å². The fourth-order valence-corrected chi connectivity index (χ4v) is 2.73. The first-order valence-electron chi connectivity index (χ1n) is 5.80. The molecule has 1 saturated heterocycles. The molecule has 1 aromatic carbocycles. The summed E-state index contributed by atoms with van der Waals surface area (Å²) in [5, 5.41) is 0. The summed E-state index contributed by atoms with van der Waals surface area (Å²) in [6.45, 7) is 3.80. The first-order valence-corrected chi connectivity index (χ1v) is 6.59. The van der Waals surface area contributed by atoms with Gasteiger partial charge < -0.3 is 9.64 Å². The topological polar surface area (TPSA) is 29.5 Å². The predicted molar refractivity (Wildman–Crippen MR) is 74.7 cm³/mol. The summed E-state index contributed by atoms with van der Waals surface area (Å²) in [4.78, 5) is 13.5. The number of hydrogen-bond acceptors (Lipinski definition) is 2. The van der Waals surface area contributed by atoms with Crippen LogP contribution < -0.4 is 4.74 Å². The molecule has 1 aliphatic rings. The third kappa shape index (κ3) is 2.43. The number of rotatable bonds is 3. The Morgan fingerprint density at radius 2 is 2.28 bits per heavy atom. The van der Waals surface area contributed by atoms with E-state index in [2.05, 4.69) is 22.5 Å². The van der Waals surface area contributed by atoms with Crippen LogP contribution in [0.15, 0.2) is 34.8 Å². The average Bonchev–Trinajstić information content (AvgIpc) is 2.59. The van der Waals surface area contributed by atoms with E-state index in [9.17, 15) is 4.79 Å². The predicted octanol–water partition coefficient (Wildman–Crippen LogP) is 2.79. The van der Waals surface area contributed by atoms with Gasteiger partial charge in [0, 0.05) is 23.1 Å². The minimum absolute atomic E-state index is 0.0598. The van der Waals surface area contributed by atoms with Crippen LogP contribution in [0.1, 0.15) is 12.0 Å². The van der Waals surface area contributed by atoms with E-state index in [1.165, 1.54) is 5.56 Å². The third-order valence-corrected chi connectivity index (χ3v) is 4.11. The smallest absolute Gasteiger partial charge is 0.249 e. The molecule has 1 fully saturated rings. The zero-order chi connectivity index (χ0) is 13.3. The number of nitrogens with zero attached hydrogens (tertiary/aromatic N) is 1. The number of methoxy groups -OCH3 is 1. The Labute approximate surface area is 116 Å². The Kier molecular flexibility index (Phi) is 3.76. The molecular weight excluding hydrogens is 294 g/mol. The number of likely N-dealkylation sites (tertiary alicyclic amines) is 1. The monoisotopic (exact) mass is 309 g/mol. The zero-order valence-electron chi connectivity index (χ0n) is 10.6. The highest BCUT2D eigenvalue weighted by Gasteiger charge is 2.31. The third-order valence-electron chi connectivity index (χ3n) is 3.37. The van der Waals surface area contributed by atoms with Crippen molar-refractivity contribution in [2.24, 2.45) is 0 Å². The number of ether oxygens (including phenoxy) is 1. The summed E-state index contributed by atoms with van der Waals surface area (Å²) in [5.74, 6) is 0.885. The van der Waals surface area contributed by atoms with Crippen LogP contribution in [0.4, 0.5) is 0 Å². The van der Waals surface area contributed by atoms with Gasteiger partial charge in [-0.25, -0.2) is 0 Å². The number of halogens is 1. The van der Waals surface area contributed by atoms with Crippen molar-refractivity contribution in [3.63, 3.8) is 0 Å². The molecule has 0 aromatic heterocycles. The first-order chi connectivity index (χ1) is 8.52. The van der Waals surface area contributed by atoms with Gasteiger partial charge in [-0.2, -0.15) is 0 Å². The van der Waals surface area contributed by atoms with Crippen molar-refractivity contribution in [3.8, 4) is 5.75 Å². The second-order valence-corrected chi connectivity index (χ2v) is 5.39. The van der Waals surface area contributed by atoms with Gasteiger partial charge in [0.05, 0.1) is 7.11 Å². The van der Waals surface area contributed by atoms with Crippen molar-refractivity contribution < 1.29 is 9.53 Å². The van der Waals surface area contributed by atoms with E-state index in [-0.39, 0.29) is 11.9 Å². The molecule has 0 radical (unpaired) electrons. The van der Waals surface area contributed by atoms with Crippen LogP contribution in [0.2, 0.25) is 0 Å². The lowest BCUT2D eigenvalue weighted by atomic mass is 10.0. The normalized spacial score (nSPS) is 19.5. The Hall–Kier alpha value is -1.29.